The molecule has 0 bridgehead atoms. The highest BCUT2D eigenvalue weighted by Gasteiger charge is 2.07. The molecule has 0 spiro atoms. The summed E-state index contributed by atoms with van der Waals surface area (Å²) >= 11 is 12.0. The van der Waals surface area contributed by atoms with Gasteiger partial charge in [0, 0.05) is 29.3 Å². The van der Waals surface area contributed by atoms with E-state index in [-0.39, 0.29) is 19.0 Å². The number of rotatable bonds is 8. The van der Waals surface area contributed by atoms with E-state index >= 15 is 0 Å². The quantitative estimate of drug-likeness (QED) is 0.696. The standard InChI is InChI=1S/C17H18Cl2FNO2/c18-14-3-5-17(13(8-14)10-21-6-1-7-22)23-11-12-2-4-15(20)9-16(12)19/h2-5,8-9,21-22H,1,6-7,10-11H2. The summed E-state index contributed by atoms with van der Waals surface area (Å²) in [4.78, 5) is 0. The van der Waals surface area contributed by atoms with Crippen molar-refractivity contribution in [3.63, 3.8) is 0 Å². The minimum Gasteiger partial charge on any atom is -0.489 e. The van der Waals surface area contributed by atoms with Crippen LogP contribution in [0.2, 0.25) is 10.0 Å². The van der Waals surface area contributed by atoms with Gasteiger partial charge in [-0.1, -0.05) is 29.3 Å². The van der Waals surface area contributed by atoms with Gasteiger partial charge in [0.05, 0.1) is 5.02 Å². The fourth-order valence-corrected chi connectivity index (χ4v) is 2.46. The van der Waals surface area contributed by atoms with Crippen LogP contribution in [0.4, 0.5) is 4.39 Å². The minimum absolute atomic E-state index is 0.148. The van der Waals surface area contributed by atoms with Crippen molar-refractivity contribution in [2.45, 2.75) is 19.6 Å². The summed E-state index contributed by atoms with van der Waals surface area (Å²) in [5, 5.41) is 13.0. The molecule has 2 N–H and O–H groups in total. The molecule has 0 aliphatic carbocycles. The van der Waals surface area contributed by atoms with Gasteiger partial charge in [-0.15, -0.1) is 0 Å². The first-order valence-corrected chi connectivity index (χ1v) is 8.02. The van der Waals surface area contributed by atoms with Gasteiger partial charge in [0.1, 0.15) is 18.2 Å². The Hall–Kier alpha value is -1.33. The third-order valence-electron chi connectivity index (χ3n) is 3.25. The van der Waals surface area contributed by atoms with E-state index < -0.39 is 0 Å². The zero-order valence-electron chi connectivity index (χ0n) is 12.5. The van der Waals surface area contributed by atoms with Crippen LogP contribution in [0.5, 0.6) is 5.75 Å². The smallest absolute Gasteiger partial charge is 0.124 e. The van der Waals surface area contributed by atoms with Crippen molar-refractivity contribution < 1.29 is 14.2 Å². The Morgan fingerprint density at radius 2 is 1.91 bits per heavy atom. The number of nitrogens with one attached hydrogen (secondary N) is 1. The van der Waals surface area contributed by atoms with E-state index in [2.05, 4.69) is 5.32 Å². The largest absolute Gasteiger partial charge is 0.489 e. The Bertz CT molecular complexity index is 652. The van der Waals surface area contributed by atoms with Crippen molar-refractivity contribution in [2.75, 3.05) is 13.2 Å². The SMILES string of the molecule is OCCCNCc1cc(Cl)ccc1OCc1ccc(F)cc1Cl. The first-order chi connectivity index (χ1) is 11.1. The highest BCUT2D eigenvalue weighted by molar-refractivity contribution is 6.31. The fraction of sp³-hybridized carbons (Fsp3) is 0.294. The fourth-order valence-electron chi connectivity index (χ4n) is 2.05. The van der Waals surface area contributed by atoms with Gasteiger partial charge < -0.3 is 15.2 Å². The van der Waals surface area contributed by atoms with Gasteiger partial charge in [-0.3, -0.25) is 0 Å². The molecule has 0 aliphatic rings. The number of hydrogen-bond acceptors (Lipinski definition) is 3. The average molecular weight is 358 g/mol. The predicted octanol–water partition coefficient (Wildman–Crippen LogP) is 4.18. The zero-order valence-corrected chi connectivity index (χ0v) is 14.0. The number of benzene rings is 2. The minimum atomic E-state index is -0.376. The molecule has 0 aliphatic heterocycles. The Kier molecular flexibility index (Phi) is 7.12. The summed E-state index contributed by atoms with van der Waals surface area (Å²) < 4.78 is 18.9. The summed E-state index contributed by atoms with van der Waals surface area (Å²) in [5.41, 5.74) is 1.62. The Morgan fingerprint density at radius 3 is 2.65 bits per heavy atom. The van der Waals surface area contributed by atoms with Crippen LogP contribution in [0.25, 0.3) is 0 Å². The second-order valence-corrected chi connectivity index (χ2v) is 5.87. The highest BCUT2D eigenvalue weighted by Crippen LogP contribution is 2.25. The van der Waals surface area contributed by atoms with Crippen molar-refractivity contribution >= 4 is 23.2 Å². The summed E-state index contributed by atoms with van der Waals surface area (Å²) in [7, 11) is 0. The van der Waals surface area contributed by atoms with E-state index in [0.29, 0.717) is 40.9 Å². The molecular formula is C17H18Cl2FNO2. The van der Waals surface area contributed by atoms with Crippen LogP contribution >= 0.6 is 23.2 Å². The third-order valence-corrected chi connectivity index (χ3v) is 3.83. The van der Waals surface area contributed by atoms with Crippen molar-refractivity contribution in [2.24, 2.45) is 0 Å². The van der Waals surface area contributed by atoms with Gasteiger partial charge in [-0.05, 0) is 43.3 Å². The molecule has 124 valence electrons. The number of aliphatic hydroxyl groups is 1. The summed E-state index contributed by atoms with van der Waals surface area (Å²) in [6, 6.07) is 9.59. The molecule has 6 heteroatoms. The van der Waals surface area contributed by atoms with E-state index in [9.17, 15) is 4.39 Å². The predicted molar refractivity (Wildman–Crippen MR) is 90.6 cm³/mol. The second kappa shape index (κ2) is 9.08. The van der Waals surface area contributed by atoms with Gasteiger partial charge >= 0.3 is 0 Å². The first-order valence-electron chi connectivity index (χ1n) is 7.27. The topological polar surface area (TPSA) is 41.5 Å². The molecule has 2 aromatic carbocycles. The number of hydrogen-bond donors (Lipinski definition) is 2. The first kappa shape index (κ1) is 18.0. The van der Waals surface area contributed by atoms with Gasteiger partial charge in [0.15, 0.2) is 0 Å². The number of aliphatic hydroxyl groups excluding tert-OH is 1. The van der Waals surface area contributed by atoms with Crippen molar-refractivity contribution in [3.05, 3.63) is 63.4 Å². The Labute approximate surface area is 145 Å². The van der Waals surface area contributed by atoms with Gasteiger partial charge in [0.2, 0.25) is 0 Å². The lowest BCUT2D eigenvalue weighted by atomic mass is 10.2. The lowest BCUT2D eigenvalue weighted by Crippen LogP contribution is -2.16. The molecule has 2 aromatic rings. The van der Waals surface area contributed by atoms with Crippen LogP contribution < -0.4 is 10.1 Å². The maximum absolute atomic E-state index is 13.1. The monoisotopic (exact) mass is 357 g/mol. The number of halogens is 3. The Balaban J connectivity index is 2.03. The van der Waals surface area contributed by atoms with Crippen LogP contribution in [0.3, 0.4) is 0 Å². The zero-order chi connectivity index (χ0) is 16.7. The van der Waals surface area contributed by atoms with Crippen LogP contribution in [0.15, 0.2) is 36.4 Å². The normalized spacial score (nSPS) is 10.8. The second-order valence-electron chi connectivity index (χ2n) is 5.03. The molecule has 0 atom stereocenters. The molecular weight excluding hydrogens is 340 g/mol. The van der Waals surface area contributed by atoms with Gasteiger partial charge in [0.25, 0.3) is 0 Å². The summed E-state index contributed by atoms with van der Waals surface area (Å²) in [6.07, 6.45) is 0.682. The molecule has 0 aromatic heterocycles. The van der Waals surface area contributed by atoms with Crippen LogP contribution in [-0.4, -0.2) is 18.3 Å². The van der Waals surface area contributed by atoms with E-state index in [1.165, 1.54) is 12.1 Å². The molecule has 2 rings (SSSR count). The molecule has 0 radical (unpaired) electrons. The maximum Gasteiger partial charge on any atom is 0.124 e. The molecule has 0 saturated carbocycles. The maximum atomic E-state index is 13.1. The van der Waals surface area contributed by atoms with Crippen LogP contribution in [-0.2, 0) is 13.2 Å². The molecule has 23 heavy (non-hydrogen) atoms. The molecule has 0 fully saturated rings. The lowest BCUT2D eigenvalue weighted by molar-refractivity contribution is 0.285. The van der Waals surface area contributed by atoms with E-state index in [1.807, 2.05) is 6.07 Å². The van der Waals surface area contributed by atoms with Gasteiger partial charge in [-0.25, -0.2) is 4.39 Å². The van der Waals surface area contributed by atoms with E-state index in [0.717, 1.165) is 5.56 Å². The van der Waals surface area contributed by atoms with Crippen LogP contribution in [0.1, 0.15) is 17.5 Å². The van der Waals surface area contributed by atoms with Gasteiger partial charge in [-0.2, -0.15) is 0 Å². The molecule has 3 nitrogen and oxygen atoms in total. The molecule has 0 unspecified atom stereocenters. The lowest BCUT2D eigenvalue weighted by Gasteiger charge is -2.13. The Morgan fingerprint density at radius 1 is 1.09 bits per heavy atom. The van der Waals surface area contributed by atoms with E-state index in [1.54, 1.807) is 18.2 Å². The van der Waals surface area contributed by atoms with E-state index in [4.69, 9.17) is 33.0 Å². The summed E-state index contributed by atoms with van der Waals surface area (Å²) in [5.74, 6) is 0.310. The highest BCUT2D eigenvalue weighted by atomic mass is 35.5. The van der Waals surface area contributed by atoms with Crippen molar-refractivity contribution in [1.82, 2.24) is 5.32 Å². The van der Waals surface area contributed by atoms with Crippen molar-refractivity contribution in [3.8, 4) is 5.75 Å². The third kappa shape index (κ3) is 5.66. The number of ether oxygens (including phenoxy) is 1. The average Bonchev–Trinajstić information content (AvgIpc) is 2.52. The molecule has 0 amide bonds. The summed E-state index contributed by atoms with van der Waals surface area (Å²) in [6.45, 7) is 1.67. The molecule has 0 saturated heterocycles. The van der Waals surface area contributed by atoms with Crippen LogP contribution in [0, 0.1) is 5.82 Å². The van der Waals surface area contributed by atoms with Crippen molar-refractivity contribution in [1.29, 1.82) is 0 Å². The molecule has 0 heterocycles.